The van der Waals surface area contributed by atoms with Crippen molar-refractivity contribution in [3.63, 3.8) is 0 Å². The third kappa shape index (κ3) is 2.39. The minimum Gasteiger partial charge on any atom is -0.386 e. The summed E-state index contributed by atoms with van der Waals surface area (Å²) in [7, 11) is 0. The SMILES string of the molecule is O=C(c1cccc(C(F)(F)F)c1F)N1CC(O)(C2CC2)C1. The van der Waals surface area contributed by atoms with Crippen LogP contribution in [0.1, 0.15) is 28.8 Å². The number of benzene rings is 1. The fraction of sp³-hybridized carbons (Fsp3) is 0.500. The van der Waals surface area contributed by atoms with Crippen LogP contribution in [0.15, 0.2) is 18.2 Å². The lowest BCUT2D eigenvalue weighted by Crippen LogP contribution is -2.64. The molecule has 0 radical (unpaired) electrons. The normalized spacial score (nSPS) is 21.1. The number of carbonyl (C=O) groups is 1. The number of β-amino-alcohol motifs (C(OH)–C–C–N with tert-alkyl or cyclic N) is 1. The molecule has 1 aromatic carbocycles. The molecule has 0 spiro atoms. The zero-order chi connectivity index (χ0) is 15.4. The molecule has 0 bridgehead atoms. The van der Waals surface area contributed by atoms with Crippen LogP contribution in [-0.2, 0) is 6.18 Å². The van der Waals surface area contributed by atoms with E-state index >= 15 is 0 Å². The summed E-state index contributed by atoms with van der Waals surface area (Å²) in [5.41, 5.74) is -3.01. The Bertz CT molecular complexity index is 589. The highest BCUT2D eigenvalue weighted by Crippen LogP contribution is 2.45. The van der Waals surface area contributed by atoms with Gasteiger partial charge in [0.15, 0.2) is 0 Å². The van der Waals surface area contributed by atoms with Crippen molar-refractivity contribution >= 4 is 5.91 Å². The molecule has 1 aromatic rings. The quantitative estimate of drug-likeness (QED) is 0.853. The van der Waals surface area contributed by atoms with E-state index < -0.39 is 34.6 Å². The van der Waals surface area contributed by atoms with Crippen molar-refractivity contribution in [2.45, 2.75) is 24.6 Å². The number of amides is 1. The average molecular weight is 303 g/mol. The van der Waals surface area contributed by atoms with Crippen LogP contribution in [0.5, 0.6) is 0 Å². The predicted octanol–water partition coefficient (Wildman–Crippen LogP) is 2.44. The third-order valence-corrected chi connectivity index (χ3v) is 4.09. The third-order valence-electron chi connectivity index (χ3n) is 4.09. The first-order valence-electron chi connectivity index (χ1n) is 6.60. The molecular weight excluding hydrogens is 290 g/mol. The maximum Gasteiger partial charge on any atom is 0.419 e. The summed E-state index contributed by atoms with van der Waals surface area (Å²) >= 11 is 0. The van der Waals surface area contributed by atoms with E-state index in [1.54, 1.807) is 0 Å². The monoisotopic (exact) mass is 303 g/mol. The van der Waals surface area contributed by atoms with Crippen molar-refractivity contribution in [1.29, 1.82) is 0 Å². The molecule has 1 amide bonds. The number of aliphatic hydroxyl groups is 1. The molecule has 1 N–H and O–H groups in total. The Hall–Kier alpha value is -1.63. The van der Waals surface area contributed by atoms with E-state index in [0.717, 1.165) is 25.0 Å². The Kier molecular flexibility index (Phi) is 3.02. The number of hydrogen-bond acceptors (Lipinski definition) is 2. The van der Waals surface area contributed by atoms with Crippen LogP contribution in [0, 0.1) is 11.7 Å². The van der Waals surface area contributed by atoms with Crippen molar-refractivity contribution in [1.82, 2.24) is 4.90 Å². The maximum atomic E-state index is 13.9. The topological polar surface area (TPSA) is 40.5 Å². The molecule has 0 aromatic heterocycles. The van der Waals surface area contributed by atoms with E-state index in [1.165, 1.54) is 4.90 Å². The molecular formula is C14H13F4NO2. The standard InChI is InChI=1S/C14H13F4NO2/c15-11-9(2-1-3-10(11)14(16,17)18)12(20)19-6-13(21,7-19)8-4-5-8/h1-3,8,21H,4-7H2. The fourth-order valence-electron chi connectivity index (χ4n) is 2.72. The van der Waals surface area contributed by atoms with Crippen LogP contribution < -0.4 is 0 Å². The minimum absolute atomic E-state index is 0.0478. The number of halogens is 4. The Labute approximate surface area is 118 Å². The molecule has 1 heterocycles. The Morgan fingerprint density at radius 2 is 1.90 bits per heavy atom. The summed E-state index contributed by atoms with van der Waals surface area (Å²) in [5.74, 6) is -2.23. The van der Waals surface area contributed by atoms with Gasteiger partial charge in [-0.2, -0.15) is 13.2 Å². The first-order valence-corrected chi connectivity index (χ1v) is 6.60. The van der Waals surface area contributed by atoms with Gasteiger partial charge in [-0.3, -0.25) is 4.79 Å². The molecule has 3 rings (SSSR count). The maximum absolute atomic E-state index is 13.9. The zero-order valence-electron chi connectivity index (χ0n) is 11.0. The molecule has 114 valence electrons. The second-order valence-electron chi connectivity index (χ2n) is 5.70. The summed E-state index contributed by atoms with van der Waals surface area (Å²) in [5, 5.41) is 10.1. The number of hydrogen-bond donors (Lipinski definition) is 1. The first kappa shape index (κ1) is 14.3. The highest BCUT2D eigenvalue weighted by molar-refractivity contribution is 5.95. The molecule has 1 aliphatic carbocycles. The van der Waals surface area contributed by atoms with Crippen LogP contribution >= 0.6 is 0 Å². The molecule has 1 saturated carbocycles. The minimum atomic E-state index is -4.84. The van der Waals surface area contributed by atoms with E-state index in [-0.39, 0.29) is 19.0 Å². The smallest absolute Gasteiger partial charge is 0.386 e. The number of likely N-dealkylation sites (tertiary alicyclic amines) is 1. The Balaban J connectivity index is 1.80. The van der Waals surface area contributed by atoms with Crippen LogP contribution in [0.25, 0.3) is 0 Å². The Morgan fingerprint density at radius 1 is 1.29 bits per heavy atom. The molecule has 1 aliphatic heterocycles. The average Bonchev–Trinajstić information content (AvgIpc) is 3.17. The molecule has 0 atom stereocenters. The van der Waals surface area contributed by atoms with Crippen molar-refractivity contribution in [3.8, 4) is 0 Å². The van der Waals surface area contributed by atoms with Gasteiger partial charge < -0.3 is 10.0 Å². The van der Waals surface area contributed by atoms with E-state index in [0.29, 0.717) is 6.07 Å². The first-order chi connectivity index (χ1) is 9.72. The van der Waals surface area contributed by atoms with Gasteiger partial charge in [0.1, 0.15) is 11.4 Å². The lowest BCUT2D eigenvalue weighted by atomic mass is 9.88. The van der Waals surface area contributed by atoms with Gasteiger partial charge in [0, 0.05) is 0 Å². The molecule has 21 heavy (non-hydrogen) atoms. The highest BCUT2D eigenvalue weighted by Gasteiger charge is 2.53. The highest BCUT2D eigenvalue weighted by atomic mass is 19.4. The van der Waals surface area contributed by atoms with Gasteiger partial charge in [0.2, 0.25) is 0 Å². The molecule has 1 saturated heterocycles. The van der Waals surface area contributed by atoms with Gasteiger partial charge in [-0.15, -0.1) is 0 Å². The van der Waals surface area contributed by atoms with E-state index in [4.69, 9.17) is 0 Å². The number of carbonyl (C=O) groups excluding carboxylic acids is 1. The Morgan fingerprint density at radius 3 is 2.43 bits per heavy atom. The van der Waals surface area contributed by atoms with Crippen LogP contribution in [0.4, 0.5) is 17.6 Å². The number of nitrogens with zero attached hydrogens (tertiary/aromatic N) is 1. The van der Waals surface area contributed by atoms with Gasteiger partial charge in [-0.05, 0) is 30.9 Å². The summed E-state index contributed by atoms with van der Waals surface area (Å²) in [6.07, 6.45) is -3.07. The summed E-state index contributed by atoms with van der Waals surface area (Å²) in [4.78, 5) is 13.2. The zero-order valence-corrected chi connectivity index (χ0v) is 11.0. The van der Waals surface area contributed by atoms with Crippen molar-refractivity contribution in [2.75, 3.05) is 13.1 Å². The van der Waals surface area contributed by atoms with Gasteiger partial charge in [0.25, 0.3) is 5.91 Å². The molecule has 7 heteroatoms. The summed E-state index contributed by atoms with van der Waals surface area (Å²) in [6, 6.07) is 2.64. The summed E-state index contributed by atoms with van der Waals surface area (Å²) < 4.78 is 51.7. The predicted molar refractivity (Wildman–Crippen MR) is 65.0 cm³/mol. The second-order valence-corrected chi connectivity index (χ2v) is 5.70. The number of alkyl halides is 3. The van der Waals surface area contributed by atoms with Crippen molar-refractivity contribution in [3.05, 3.63) is 35.1 Å². The molecule has 2 aliphatic rings. The van der Waals surface area contributed by atoms with Gasteiger partial charge in [-0.25, -0.2) is 4.39 Å². The second kappa shape index (κ2) is 4.43. The van der Waals surface area contributed by atoms with Crippen LogP contribution in [0.2, 0.25) is 0 Å². The van der Waals surface area contributed by atoms with Crippen LogP contribution in [0.3, 0.4) is 0 Å². The summed E-state index contributed by atoms with van der Waals surface area (Å²) in [6.45, 7) is 0.0956. The lowest BCUT2D eigenvalue weighted by molar-refractivity contribution is -0.140. The fourth-order valence-corrected chi connectivity index (χ4v) is 2.72. The van der Waals surface area contributed by atoms with Gasteiger partial charge in [0.05, 0.1) is 24.2 Å². The van der Waals surface area contributed by atoms with E-state index in [2.05, 4.69) is 0 Å². The van der Waals surface area contributed by atoms with Crippen LogP contribution in [-0.4, -0.2) is 34.6 Å². The van der Waals surface area contributed by atoms with E-state index in [1.807, 2.05) is 0 Å². The van der Waals surface area contributed by atoms with Crippen molar-refractivity contribution in [2.24, 2.45) is 5.92 Å². The molecule has 3 nitrogen and oxygen atoms in total. The van der Waals surface area contributed by atoms with E-state index in [9.17, 15) is 27.5 Å². The van der Waals surface area contributed by atoms with Gasteiger partial charge >= 0.3 is 6.18 Å². The molecule has 2 fully saturated rings. The lowest BCUT2D eigenvalue weighted by Gasteiger charge is -2.47. The number of rotatable bonds is 2. The largest absolute Gasteiger partial charge is 0.419 e. The molecule has 0 unspecified atom stereocenters. The van der Waals surface area contributed by atoms with Crippen molar-refractivity contribution < 1.29 is 27.5 Å². The van der Waals surface area contributed by atoms with Gasteiger partial charge in [-0.1, -0.05) is 6.07 Å².